The van der Waals surface area contributed by atoms with Gasteiger partial charge in [-0.1, -0.05) is 6.58 Å². The maximum absolute atomic E-state index is 14.3. The van der Waals surface area contributed by atoms with Crippen LogP contribution >= 0.6 is 0 Å². The Labute approximate surface area is 258 Å². The molecule has 0 N–H and O–H groups in total. The van der Waals surface area contributed by atoms with Crippen LogP contribution in [-0.4, -0.2) is 72.0 Å². The molecule has 0 saturated carbocycles. The fraction of sp³-hybridized carbons (Fsp3) is 0.545. The molecule has 0 amide bonds. The molecule has 1 aromatic rings. The smallest absolute Gasteiger partial charge is 0.424 e. The molecular formula is C22H9F23O5. The quantitative estimate of drug-likeness (QED) is 0.0500. The number of benzene rings is 1. The third-order valence-electron chi connectivity index (χ3n) is 5.64. The molecule has 28 heteroatoms. The zero-order valence-electron chi connectivity index (χ0n) is 23.0. The van der Waals surface area contributed by atoms with Gasteiger partial charge in [0.2, 0.25) is 17.9 Å². The van der Waals surface area contributed by atoms with Crippen molar-refractivity contribution in [2.75, 3.05) is 0 Å². The van der Waals surface area contributed by atoms with Crippen LogP contribution in [0.15, 0.2) is 12.2 Å². The summed E-state index contributed by atoms with van der Waals surface area (Å²) in [5.41, 5.74) is -3.65. The standard InChI is InChI=1S/C22H9F23O5/c1-4(2)12(46)48-5(3)49-13(47)6-7(23)8(24)9(25)10(26)11(6)50-22(44,45)20(39,40)18(35,36)16(31,32)14(27,28)15(29,30)17(33,34)19(37,38)21(41,42)43/h5H,1H2,2-3H3. The van der Waals surface area contributed by atoms with Gasteiger partial charge in [-0.3, -0.25) is 0 Å². The maximum atomic E-state index is 14.3. The molecule has 0 bridgehead atoms. The van der Waals surface area contributed by atoms with E-state index < -0.39 is 112 Å². The number of rotatable bonds is 13. The van der Waals surface area contributed by atoms with Crippen LogP contribution in [0, 0.1) is 23.3 Å². The fourth-order valence-corrected chi connectivity index (χ4v) is 2.91. The van der Waals surface area contributed by atoms with Crippen LogP contribution in [0.5, 0.6) is 5.75 Å². The van der Waals surface area contributed by atoms with E-state index in [9.17, 15) is 111 Å². The highest BCUT2D eigenvalue weighted by Crippen LogP contribution is 2.65. The highest BCUT2D eigenvalue weighted by molar-refractivity contribution is 5.93. The summed E-state index contributed by atoms with van der Waals surface area (Å²) >= 11 is 0. The first-order valence-electron chi connectivity index (χ1n) is 11.5. The molecule has 5 nitrogen and oxygen atoms in total. The van der Waals surface area contributed by atoms with Crippen LogP contribution in [0.4, 0.5) is 101 Å². The van der Waals surface area contributed by atoms with Crippen molar-refractivity contribution in [2.24, 2.45) is 0 Å². The van der Waals surface area contributed by atoms with E-state index in [4.69, 9.17) is 0 Å². The van der Waals surface area contributed by atoms with Gasteiger partial charge in [0.25, 0.3) is 0 Å². The Morgan fingerprint density at radius 2 is 0.880 bits per heavy atom. The van der Waals surface area contributed by atoms with E-state index in [-0.39, 0.29) is 0 Å². The Bertz CT molecular complexity index is 1510. The molecule has 0 fully saturated rings. The lowest BCUT2D eigenvalue weighted by molar-refractivity contribution is -0.476. The molecule has 0 spiro atoms. The van der Waals surface area contributed by atoms with Crippen molar-refractivity contribution in [3.63, 3.8) is 0 Å². The van der Waals surface area contributed by atoms with E-state index in [0.29, 0.717) is 6.92 Å². The predicted molar refractivity (Wildman–Crippen MR) is 108 cm³/mol. The Kier molecular flexibility index (Phi) is 11.2. The van der Waals surface area contributed by atoms with Crippen molar-refractivity contribution < 1.29 is 125 Å². The largest absolute Gasteiger partial charge is 0.471 e. The van der Waals surface area contributed by atoms with Gasteiger partial charge in [0, 0.05) is 12.5 Å². The highest BCUT2D eigenvalue weighted by atomic mass is 19.4. The van der Waals surface area contributed by atoms with Gasteiger partial charge in [0.1, 0.15) is 5.56 Å². The number of esters is 2. The van der Waals surface area contributed by atoms with Crippen LogP contribution in [-0.2, 0) is 14.3 Å². The molecule has 1 rings (SSSR count). The minimum atomic E-state index is -9.35. The Morgan fingerprint density at radius 3 is 1.24 bits per heavy atom. The topological polar surface area (TPSA) is 61.8 Å². The van der Waals surface area contributed by atoms with Crippen molar-refractivity contribution >= 4 is 11.9 Å². The van der Waals surface area contributed by atoms with Gasteiger partial charge in [-0.25, -0.2) is 22.8 Å². The zero-order valence-corrected chi connectivity index (χ0v) is 23.0. The summed E-state index contributed by atoms with van der Waals surface area (Å²) in [6, 6.07) is 0. The lowest BCUT2D eigenvalue weighted by Gasteiger charge is -2.43. The second-order valence-corrected chi connectivity index (χ2v) is 9.26. The molecular weight excluding hydrogens is 781 g/mol. The van der Waals surface area contributed by atoms with E-state index in [1.165, 1.54) is 0 Å². The van der Waals surface area contributed by atoms with Crippen molar-refractivity contribution in [2.45, 2.75) is 73.9 Å². The molecule has 0 aliphatic carbocycles. The van der Waals surface area contributed by atoms with Gasteiger partial charge in [0.15, 0.2) is 17.4 Å². The van der Waals surface area contributed by atoms with Crippen molar-refractivity contribution in [3.8, 4) is 5.75 Å². The first kappa shape index (κ1) is 44.1. The number of halogens is 23. The summed E-state index contributed by atoms with van der Waals surface area (Å²) in [4.78, 5) is 23.5. The predicted octanol–water partition coefficient (Wildman–Crippen LogP) is 8.85. The SMILES string of the molecule is C=C(C)C(=O)OC(C)OC(=O)c1c(F)c(F)c(F)c(F)c1OC(F)(F)C(F)(F)C(F)(F)C(F)(F)C(F)(F)C(F)(F)C(F)(F)C(F)(F)C(F)(F)F. The highest BCUT2D eigenvalue weighted by Gasteiger charge is 2.97. The van der Waals surface area contributed by atoms with Gasteiger partial charge in [-0.2, -0.15) is 87.8 Å². The normalized spacial score (nSPS) is 15.1. The zero-order chi connectivity index (χ0) is 40.4. The first-order chi connectivity index (χ1) is 21.8. The van der Waals surface area contributed by atoms with E-state index in [1.807, 2.05) is 0 Å². The van der Waals surface area contributed by atoms with Gasteiger partial charge in [0.05, 0.1) is 0 Å². The van der Waals surface area contributed by atoms with E-state index >= 15 is 0 Å². The summed E-state index contributed by atoms with van der Waals surface area (Å²) in [7, 11) is 0. The fourth-order valence-electron chi connectivity index (χ4n) is 2.91. The van der Waals surface area contributed by atoms with Crippen LogP contribution in [0.2, 0.25) is 0 Å². The summed E-state index contributed by atoms with van der Waals surface area (Å²) in [5.74, 6) is -85.6. The van der Waals surface area contributed by atoms with Crippen LogP contribution in [0.3, 0.4) is 0 Å². The van der Waals surface area contributed by atoms with E-state index in [1.54, 1.807) is 0 Å². The number of hydrogen-bond acceptors (Lipinski definition) is 5. The van der Waals surface area contributed by atoms with Gasteiger partial charge < -0.3 is 14.2 Å². The monoisotopic (exact) mass is 790 g/mol. The number of alkyl halides is 19. The molecule has 50 heavy (non-hydrogen) atoms. The van der Waals surface area contributed by atoms with Gasteiger partial charge in [-0.15, -0.1) is 0 Å². The van der Waals surface area contributed by atoms with Crippen molar-refractivity contribution in [1.82, 2.24) is 0 Å². The van der Waals surface area contributed by atoms with E-state index in [0.717, 1.165) is 6.92 Å². The van der Waals surface area contributed by atoms with Gasteiger partial charge in [-0.05, 0) is 6.92 Å². The molecule has 0 heterocycles. The first-order valence-corrected chi connectivity index (χ1v) is 11.5. The number of ether oxygens (including phenoxy) is 3. The maximum Gasteiger partial charge on any atom is 0.471 e. The summed E-state index contributed by atoms with van der Waals surface area (Å²) in [6.07, 6.45) is -18.7. The average Bonchev–Trinajstić information content (AvgIpc) is 2.92. The summed E-state index contributed by atoms with van der Waals surface area (Å²) in [5, 5.41) is 0. The van der Waals surface area contributed by atoms with Crippen molar-refractivity contribution in [1.29, 1.82) is 0 Å². The third-order valence-corrected chi connectivity index (χ3v) is 5.64. The van der Waals surface area contributed by atoms with Crippen LogP contribution in [0.25, 0.3) is 0 Å². The molecule has 1 aromatic carbocycles. The summed E-state index contributed by atoms with van der Waals surface area (Å²) in [6.45, 7) is 4.25. The van der Waals surface area contributed by atoms with Crippen molar-refractivity contribution in [3.05, 3.63) is 41.0 Å². The Morgan fingerprint density at radius 1 is 0.540 bits per heavy atom. The minimum Gasteiger partial charge on any atom is -0.424 e. The molecule has 288 valence electrons. The molecule has 0 aliphatic rings. The summed E-state index contributed by atoms with van der Waals surface area (Å²) < 4.78 is 323. The molecule has 0 aliphatic heterocycles. The number of carbonyl (C=O) groups is 2. The minimum absolute atomic E-state index is 0.406. The molecule has 0 saturated heterocycles. The molecule has 0 aromatic heterocycles. The van der Waals surface area contributed by atoms with Crippen LogP contribution in [0.1, 0.15) is 24.2 Å². The van der Waals surface area contributed by atoms with E-state index in [2.05, 4.69) is 20.8 Å². The second kappa shape index (κ2) is 12.7. The number of hydrogen-bond donors (Lipinski definition) is 0. The van der Waals surface area contributed by atoms with Gasteiger partial charge >= 0.3 is 65.7 Å². The number of carbonyl (C=O) groups excluding carboxylic acids is 2. The van der Waals surface area contributed by atoms with Crippen LogP contribution < -0.4 is 4.74 Å². The average molecular weight is 790 g/mol. The Hall–Kier alpha value is -3.91. The third kappa shape index (κ3) is 6.40. The molecule has 0 radical (unpaired) electrons. The lowest BCUT2D eigenvalue weighted by atomic mass is 9.88. The molecule has 1 unspecified atom stereocenters. The lowest BCUT2D eigenvalue weighted by Crippen LogP contribution is -2.76. The second-order valence-electron chi connectivity index (χ2n) is 9.26. The molecule has 1 atom stereocenters. The Balaban J connectivity index is 3.90.